The van der Waals surface area contributed by atoms with E-state index < -0.39 is 5.91 Å². The third-order valence-electron chi connectivity index (χ3n) is 5.94. The van der Waals surface area contributed by atoms with Crippen molar-refractivity contribution in [2.75, 3.05) is 13.7 Å². The average Bonchev–Trinajstić information content (AvgIpc) is 3.20. The summed E-state index contributed by atoms with van der Waals surface area (Å²) in [6.45, 7) is 2.64. The topological polar surface area (TPSA) is 114 Å². The van der Waals surface area contributed by atoms with Crippen LogP contribution in [0.2, 0.25) is 0 Å². The van der Waals surface area contributed by atoms with Gasteiger partial charge in [-0.2, -0.15) is 0 Å². The molecule has 0 aliphatic rings. The van der Waals surface area contributed by atoms with Gasteiger partial charge in [0, 0.05) is 5.56 Å². The first kappa shape index (κ1) is 23.8. The third kappa shape index (κ3) is 4.54. The number of aromatic nitrogens is 4. The summed E-state index contributed by atoms with van der Waals surface area (Å²) in [6.07, 6.45) is 0. The molecule has 0 unspecified atom stereocenters. The fourth-order valence-electron chi connectivity index (χ4n) is 4.20. The number of hydrogen-bond acceptors (Lipinski definition) is 6. The Balaban J connectivity index is 1.79. The first-order chi connectivity index (χ1) is 18.0. The Morgan fingerprint density at radius 1 is 0.919 bits per heavy atom. The van der Waals surface area contributed by atoms with Crippen LogP contribution in [-0.2, 0) is 6.54 Å². The predicted molar refractivity (Wildman–Crippen MR) is 140 cm³/mol. The van der Waals surface area contributed by atoms with Crippen LogP contribution in [0.15, 0.2) is 83.7 Å². The minimum absolute atomic E-state index is 0.0338. The molecule has 0 bridgehead atoms. The van der Waals surface area contributed by atoms with Gasteiger partial charge in [0.25, 0.3) is 5.91 Å². The van der Waals surface area contributed by atoms with E-state index in [4.69, 9.17) is 20.2 Å². The maximum absolute atomic E-state index is 13.9. The molecule has 2 heterocycles. The number of nitrogens with zero attached hydrogens (tertiary/aromatic N) is 4. The maximum atomic E-state index is 13.9. The highest BCUT2D eigenvalue weighted by molar-refractivity contribution is 6.02. The van der Waals surface area contributed by atoms with Crippen LogP contribution >= 0.6 is 0 Å². The summed E-state index contributed by atoms with van der Waals surface area (Å²) < 4.78 is 13.8. The molecular formula is C28H25N5O4. The van der Waals surface area contributed by atoms with Gasteiger partial charge in [0.2, 0.25) is 0 Å². The van der Waals surface area contributed by atoms with Gasteiger partial charge in [-0.25, -0.2) is 19.3 Å². The molecule has 9 nitrogen and oxygen atoms in total. The van der Waals surface area contributed by atoms with Gasteiger partial charge in [0.1, 0.15) is 17.0 Å². The van der Waals surface area contributed by atoms with Crippen molar-refractivity contribution in [3.8, 4) is 28.6 Å². The van der Waals surface area contributed by atoms with E-state index in [2.05, 4.69) is 4.98 Å². The molecule has 1 amide bonds. The zero-order chi connectivity index (χ0) is 25.9. The zero-order valence-electron chi connectivity index (χ0n) is 20.4. The SMILES string of the molecule is CCOc1ccc(-n2c(=O)n(Cc3ccccc3)c3c(C(N)=O)nc(-c4ccc(OC)cc4)nc32)cc1. The molecule has 5 rings (SSSR count). The van der Waals surface area contributed by atoms with E-state index in [9.17, 15) is 9.59 Å². The Morgan fingerprint density at radius 3 is 2.22 bits per heavy atom. The van der Waals surface area contributed by atoms with Gasteiger partial charge in [0.05, 0.1) is 25.9 Å². The largest absolute Gasteiger partial charge is 0.497 e. The Kier molecular flexibility index (Phi) is 6.42. The normalized spacial score (nSPS) is 11.0. The highest BCUT2D eigenvalue weighted by Crippen LogP contribution is 2.26. The van der Waals surface area contributed by atoms with Crippen LogP contribution < -0.4 is 20.9 Å². The van der Waals surface area contributed by atoms with Crippen LogP contribution in [-0.4, -0.2) is 38.7 Å². The number of rotatable bonds is 8. The zero-order valence-corrected chi connectivity index (χ0v) is 20.4. The predicted octanol–water partition coefficient (Wildman–Crippen LogP) is 3.80. The minimum atomic E-state index is -0.757. The molecule has 0 spiro atoms. The molecular weight excluding hydrogens is 470 g/mol. The molecule has 0 atom stereocenters. The van der Waals surface area contributed by atoms with Crippen LogP contribution in [0.1, 0.15) is 23.0 Å². The number of methoxy groups -OCH3 is 1. The highest BCUT2D eigenvalue weighted by Gasteiger charge is 2.24. The fraction of sp³-hybridized carbons (Fsp3) is 0.143. The second-order valence-corrected chi connectivity index (χ2v) is 8.28. The number of carbonyl (C=O) groups is 1. The van der Waals surface area contributed by atoms with Gasteiger partial charge in [0.15, 0.2) is 17.2 Å². The Hall–Kier alpha value is -4.92. The van der Waals surface area contributed by atoms with Gasteiger partial charge < -0.3 is 15.2 Å². The van der Waals surface area contributed by atoms with Crippen LogP contribution in [0.4, 0.5) is 0 Å². The van der Waals surface area contributed by atoms with Crippen molar-refractivity contribution < 1.29 is 14.3 Å². The summed E-state index contributed by atoms with van der Waals surface area (Å²) in [6, 6.07) is 23.7. The molecule has 2 N–H and O–H groups in total. The lowest BCUT2D eigenvalue weighted by Crippen LogP contribution is -2.24. The molecule has 0 saturated carbocycles. The highest BCUT2D eigenvalue weighted by atomic mass is 16.5. The summed E-state index contributed by atoms with van der Waals surface area (Å²) in [7, 11) is 1.58. The summed E-state index contributed by atoms with van der Waals surface area (Å²) in [5.41, 5.74) is 8.04. The number of fused-ring (bicyclic) bond motifs is 1. The van der Waals surface area contributed by atoms with Crippen molar-refractivity contribution in [2.45, 2.75) is 13.5 Å². The van der Waals surface area contributed by atoms with Crippen molar-refractivity contribution in [2.24, 2.45) is 5.73 Å². The first-order valence-electron chi connectivity index (χ1n) is 11.7. The van der Waals surface area contributed by atoms with Crippen molar-refractivity contribution in [3.05, 3.63) is 101 Å². The number of carbonyl (C=O) groups excluding carboxylic acids is 1. The molecule has 186 valence electrons. The number of benzene rings is 3. The van der Waals surface area contributed by atoms with Crippen LogP contribution in [0.5, 0.6) is 11.5 Å². The second-order valence-electron chi connectivity index (χ2n) is 8.28. The number of imidazole rings is 1. The van der Waals surface area contributed by atoms with Crippen molar-refractivity contribution in [1.82, 2.24) is 19.1 Å². The molecule has 0 aliphatic heterocycles. The second kappa shape index (κ2) is 9.98. The van der Waals surface area contributed by atoms with Crippen LogP contribution in [0.25, 0.3) is 28.2 Å². The molecule has 5 aromatic rings. The van der Waals surface area contributed by atoms with Crippen molar-refractivity contribution in [3.63, 3.8) is 0 Å². The number of amides is 1. The lowest BCUT2D eigenvalue weighted by atomic mass is 10.2. The lowest BCUT2D eigenvalue weighted by Gasteiger charge is -2.09. The Morgan fingerprint density at radius 2 is 1.59 bits per heavy atom. The number of ether oxygens (including phenoxy) is 2. The molecule has 0 fully saturated rings. The standard InChI is InChI=1S/C28H25N5O4/c1-3-37-22-15-11-20(12-16-22)33-27-24(32(28(33)35)17-18-7-5-4-6-8-18)23(25(29)34)30-26(31-27)19-9-13-21(36-2)14-10-19/h4-16H,3,17H2,1-2H3,(H2,29,34). The van der Waals surface area contributed by atoms with Gasteiger partial charge in [-0.3, -0.25) is 9.36 Å². The van der Waals surface area contributed by atoms with Gasteiger partial charge in [-0.1, -0.05) is 30.3 Å². The molecule has 2 aromatic heterocycles. The summed E-state index contributed by atoms with van der Waals surface area (Å²) in [5, 5.41) is 0. The van der Waals surface area contributed by atoms with E-state index in [1.807, 2.05) is 37.3 Å². The maximum Gasteiger partial charge on any atom is 0.335 e. The molecule has 0 saturated heterocycles. The molecule has 3 aromatic carbocycles. The number of primary amides is 1. The quantitative estimate of drug-likeness (QED) is 0.350. The molecule has 0 aliphatic carbocycles. The van der Waals surface area contributed by atoms with Gasteiger partial charge in [-0.15, -0.1) is 0 Å². The third-order valence-corrected chi connectivity index (χ3v) is 5.94. The smallest absolute Gasteiger partial charge is 0.335 e. The van der Waals surface area contributed by atoms with E-state index in [0.717, 1.165) is 5.56 Å². The first-order valence-corrected chi connectivity index (χ1v) is 11.7. The Bertz CT molecular complexity index is 1620. The van der Waals surface area contributed by atoms with E-state index in [-0.39, 0.29) is 34.9 Å². The Labute approximate surface area is 212 Å². The van der Waals surface area contributed by atoms with E-state index in [1.165, 1.54) is 9.13 Å². The van der Waals surface area contributed by atoms with E-state index in [0.29, 0.717) is 29.4 Å². The van der Waals surface area contributed by atoms with Gasteiger partial charge in [-0.05, 0) is 61.0 Å². The van der Waals surface area contributed by atoms with Crippen LogP contribution in [0, 0.1) is 0 Å². The summed E-state index contributed by atoms with van der Waals surface area (Å²) in [4.78, 5) is 35.8. The van der Waals surface area contributed by atoms with Gasteiger partial charge >= 0.3 is 5.69 Å². The molecule has 37 heavy (non-hydrogen) atoms. The van der Waals surface area contributed by atoms with Crippen molar-refractivity contribution >= 4 is 17.1 Å². The van der Waals surface area contributed by atoms with Crippen LogP contribution in [0.3, 0.4) is 0 Å². The summed E-state index contributed by atoms with van der Waals surface area (Å²) in [5.74, 6) is 0.854. The number of hydrogen-bond donors (Lipinski definition) is 1. The fourth-order valence-corrected chi connectivity index (χ4v) is 4.20. The van der Waals surface area contributed by atoms with Crippen molar-refractivity contribution in [1.29, 1.82) is 0 Å². The van der Waals surface area contributed by atoms with E-state index in [1.54, 1.807) is 55.6 Å². The summed E-state index contributed by atoms with van der Waals surface area (Å²) >= 11 is 0. The van der Waals surface area contributed by atoms with E-state index >= 15 is 0 Å². The molecule has 0 radical (unpaired) electrons. The number of nitrogens with two attached hydrogens (primary N) is 1. The average molecular weight is 496 g/mol. The molecule has 9 heteroatoms. The lowest BCUT2D eigenvalue weighted by molar-refractivity contribution is 0.0997. The monoisotopic (exact) mass is 495 g/mol. The minimum Gasteiger partial charge on any atom is -0.497 e.